The van der Waals surface area contributed by atoms with E-state index in [0.717, 1.165) is 17.8 Å². The molecule has 0 spiro atoms. The molecule has 0 aromatic carbocycles. The monoisotopic (exact) mass is 410 g/mol. The van der Waals surface area contributed by atoms with E-state index in [1.807, 2.05) is 5.57 Å². The molecule has 0 aromatic rings. The van der Waals surface area contributed by atoms with E-state index in [1.165, 1.54) is 62.2 Å². The number of halogens is 1. The van der Waals surface area contributed by atoms with Crippen molar-refractivity contribution in [1.82, 2.24) is 0 Å². The summed E-state index contributed by atoms with van der Waals surface area (Å²) in [7, 11) is 0. The van der Waals surface area contributed by atoms with Crippen LogP contribution in [0, 0.1) is 28.6 Å². The molecule has 0 aliphatic heterocycles. The number of hydrogen-bond acceptors (Lipinski definition) is 0. The molecule has 2 saturated carbocycles. The molecule has 1 heteroatoms. The Balaban J connectivity index is 1.69. The van der Waals surface area contributed by atoms with Crippen LogP contribution in [0.4, 0.5) is 0 Å². The second-order valence-corrected chi connectivity index (χ2v) is 9.91. The minimum Gasteiger partial charge on any atom is -0.0864 e. The maximum Gasteiger partial charge on any atom is 0.00952 e. The predicted octanol–water partition coefficient (Wildman–Crippen LogP) is 6.70. The molecule has 0 saturated heterocycles. The molecule has 22 heavy (non-hydrogen) atoms. The number of hydrogen-bond donors (Lipinski definition) is 0. The Morgan fingerprint density at radius 3 is 2.86 bits per heavy atom. The molecule has 0 nitrogen and oxygen atoms in total. The smallest absolute Gasteiger partial charge is 0.00952 e. The average molecular weight is 410 g/mol. The summed E-state index contributed by atoms with van der Waals surface area (Å²) in [5, 5.41) is 0. The van der Waals surface area contributed by atoms with Crippen molar-refractivity contribution in [3.05, 3.63) is 23.3 Å². The van der Waals surface area contributed by atoms with E-state index in [2.05, 4.69) is 48.6 Å². The summed E-state index contributed by atoms with van der Waals surface area (Å²) >= 11 is 2.59. The summed E-state index contributed by atoms with van der Waals surface area (Å²) in [6.45, 7) is 5.22. The minimum absolute atomic E-state index is 0.448. The van der Waals surface area contributed by atoms with Gasteiger partial charge in [-0.25, -0.2) is 0 Å². The zero-order valence-electron chi connectivity index (χ0n) is 14.3. The SMILES string of the molecule is C[C@]12CCCC=C1CC[C@@H]1C2=CC[C@]2(C)[C@@H](CCI)CC[C@@H]12. The Labute approximate surface area is 150 Å². The van der Waals surface area contributed by atoms with Gasteiger partial charge >= 0.3 is 0 Å². The highest BCUT2D eigenvalue weighted by Crippen LogP contribution is 2.65. The van der Waals surface area contributed by atoms with Crippen molar-refractivity contribution >= 4 is 22.6 Å². The molecule has 4 aliphatic rings. The van der Waals surface area contributed by atoms with Crippen LogP contribution >= 0.6 is 22.6 Å². The first-order valence-electron chi connectivity index (χ1n) is 9.55. The van der Waals surface area contributed by atoms with E-state index in [1.54, 1.807) is 5.57 Å². The zero-order chi connectivity index (χ0) is 15.4. The van der Waals surface area contributed by atoms with Crippen LogP contribution in [-0.2, 0) is 0 Å². The van der Waals surface area contributed by atoms with Gasteiger partial charge in [-0.3, -0.25) is 0 Å². The summed E-state index contributed by atoms with van der Waals surface area (Å²) in [5.74, 6) is 2.89. The Bertz CT molecular complexity index is 516. The maximum absolute atomic E-state index is 2.74. The molecule has 122 valence electrons. The lowest BCUT2D eigenvalue weighted by Crippen LogP contribution is -2.44. The first-order valence-corrected chi connectivity index (χ1v) is 11.1. The largest absolute Gasteiger partial charge is 0.0864 e. The molecule has 4 aliphatic carbocycles. The van der Waals surface area contributed by atoms with E-state index >= 15 is 0 Å². The lowest BCUT2D eigenvalue weighted by molar-refractivity contribution is 0.0834. The molecular formula is C21H31I. The lowest BCUT2D eigenvalue weighted by atomic mass is 9.51. The van der Waals surface area contributed by atoms with Gasteiger partial charge in [-0.15, -0.1) is 0 Å². The maximum atomic E-state index is 2.74. The molecule has 0 heterocycles. The Kier molecular flexibility index (Phi) is 4.03. The van der Waals surface area contributed by atoms with Gasteiger partial charge in [0.05, 0.1) is 0 Å². The van der Waals surface area contributed by atoms with E-state index in [-0.39, 0.29) is 0 Å². The summed E-state index contributed by atoms with van der Waals surface area (Å²) in [4.78, 5) is 0. The van der Waals surface area contributed by atoms with Crippen LogP contribution in [0.1, 0.15) is 71.6 Å². The molecule has 4 rings (SSSR count). The van der Waals surface area contributed by atoms with Gasteiger partial charge in [0, 0.05) is 5.41 Å². The molecule has 0 N–H and O–H groups in total. The first-order chi connectivity index (χ1) is 10.6. The third-order valence-corrected chi connectivity index (χ3v) is 8.68. The van der Waals surface area contributed by atoms with Crippen molar-refractivity contribution in [1.29, 1.82) is 0 Å². The van der Waals surface area contributed by atoms with Gasteiger partial charge in [0.1, 0.15) is 0 Å². The van der Waals surface area contributed by atoms with Crippen LogP contribution in [0.25, 0.3) is 0 Å². The van der Waals surface area contributed by atoms with Gasteiger partial charge in [-0.05, 0) is 85.4 Å². The van der Waals surface area contributed by atoms with Crippen LogP contribution in [0.5, 0.6) is 0 Å². The van der Waals surface area contributed by atoms with Crippen molar-refractivity contribution < 1.29 is 0 Å². The molecule has 0 aromatic heterocycles. The molecule has 2 fully saturated rings. The standard InChI is InChI=1S/C21H31I/c1-20-12-4-3-5-15(20)6-8-17-18-9-7-16(11-14-22)21(18,2)13-10-19(17)20/h5,10,16-18H,3-4,6-9,11-14H2,1-2H3/t16-,17+,18+,20+,21-/m1/s1. The van der Waals surface area contributed by atoms with Gasteiger partial charge in [0.2, 0.25) is 0 Å². The quantitative estimate of drug-likeness (QED) is 0.270. The number of allylic oxidation sites excluding steroid dienone is 4. The van der Waals surface area contributed by atoms with Gasteiger partial charge in [-0.2, -0.15) is 0 Å². The van der Waals surface area contributed by atoms with Crippen molar-refractivity contribution in [2.24, 2.45) is 28.6 Å². The van der Waals surface area contributed by atoms with Gasteiger partial charge in [0.25, 0.3) is 0 Å². The summed E-state index contributed by atoms with van der Waals surface area (Å²) < 4.78 is 1.34. The normalized spacial score (nSPS) is 47.1. The highest BCUT2D eigenvalue weighted by Gasteiger charge is 2.55. The van der Waals surface area contributed by atoms with Gasteiger partial charge in [-0.1, -0.05) is 59.7 Å². The second-order valence-electron chi connectivity index (χ2n) is 8.83. The third-order valence-electron chi connectivity index (χ3n) is 8.05. The summed E-state index contributed by atoms with van der Waals surface area (Å²) in [6, 6.07) is 0. The van der Waals surface area contributed by atoms with Crippen molar-refractivity contribution in [2.75, 3.05) is 4.43 Å². The highest BCUT2D eigenvalue weighted by molar-refractivity contribution is 14.1. The second kappa shape index (κ2) is 5.63. The number of fused-ring (bicyclic) bond motifs is 5. The fourth-order valence-corrected chi connectivity index (χ4v) is 7.50. The van der Waals surface area contributed by atoms with Crippen LogP contribution in [-0.4, -0.2) is 4.43 Å². The number of alkyl halides is 1. The molecule has 5 atom stereocenters. The van der Waals surface area contributed by atoms with E-state index in [0.29, 0.717) is 10.8 Å². The fraction of sp³-hybridized carbons (Fsp3) is 0.810. The highest BCUT2D eigenvalue weighted by atomic mass is 127. The third kappa shape index (κ3) is 2.13. The van der Waals surface area contributed by atoms with Crippen LogP contribution in [0.3, 0.4) is 0 Å². The number of rotatable bonds is 2. The van der Waals surface area contributed by atoms with Gasteiger partial charge < -0.3 is 0 Å². The molecule has 0 unspecified atom stereocenters. The Morgan fingerprint density at radius 2 is 2.05 bits per heavy atom. The van der Waals surface area contributed by atoms with E-state index in [4.69, 9.17) is 0 Å². The van der Waals surface area contributed by atoms with E-state index in [9.17, 15) is 0 Å². The van der Waals surface area contributed by atoms with Crippen molar-refractivity contribution in [3.8, 4) is 0 Å². The zero-order valence-corrected chi connectivity index (χ0v) is 16.5. The van der Waals surface area contributed by atoms with Crippen molar-refractivity contribution in [3.63, 3.8) is 0 Å². The predicted molar refractivity (Wildman–Crippen MR) is 103 cm³/mol. The van der Waals surface area contributed by atoms with Crippen molar-refractivity contribution in [2.45, 2.75) is 71.6 Å². The van der Waals surface area contributed by atoms with Crippen LogP contribution < -0.4 is 0 Å². The Hall–Kier alpha value is 0.210. The average Bonchev–Trinajstić information content (AvgIpc) is 2.84. The van der Waals surface area contributed by atoms with Crippen LogP contribution in [0.15, 0.2) is 23.3 Å². The topological polar surface area (TPSA) is 0 Å². The molecule has 0 amide bonds. The van der Waals surface area contributed by atoms with Gasteiger partial charge in [0.15, 0.2) is 0 Å². The summed E-state index contributed by atoms with van der Waals surface area (Å²) in [5.41, 5.74) is 4.74. The van der Waals surface area contributed by atoms with E-state index < -0.39 is 0 Å². The Morgan fingerprint density at radius 1 is 1.18 bits per heavy atom. The first kappa shape index (κ1) is 15.7. The minimum atomic E-state index is 0.448. The lowest BCUT2D eigenvalue weighted by Gasteiger charge is -2.53. The van der Waals surface area contributed by atoms with Crippen LogP contribution in [0.2, 0.25) is 0 Å². The molecule has 0 radical (unpaired) electrons. The molecule has 0 bridgehead atoms. The summed E-state index contributed by atoms with van der Waals surface area (Å²) in [6.07, 6.45) is 18.2. The fourth-order valence-electron chi connectivity index (χ4n) is 6.75. The molecular weight excluding hydrogens is 379 g/mol.